The molecule has 1 aromatic heterocycles. The smallest absolute Gasteiger partial charge is 0.222 e. The molecule has 0 spiro atoms. The van der Waals surface area contributed by atoms with Crippen LogP contribution in [-0.2, 0) is 4.79 Å². The third-order valence-electron chi connectivity index (χ3n) is 4.41. The predicted octanol–water partition coefficient (Wildman–Crippen LogP) is 5.20. The standard InChI is InChI=1S/C19H19Cl4N3O2/c20-13-3-4-17(15(22)10-13)28-9-1-2-18(27)25-5-7-26(8-6-25)19-16(23)11-14(21)12-24-19/h3-4,10-12H,1-2,5-9H2. The zero-order valence-electron chi connectivity index (χ0n) is 15.0. The zero-order valence-corrected chi connectivity index (χ0v) is 18.0. The molecule has 0 atom stereocenters. The Morgan fingerprint density at radius 2 is 1.71 bits per heavy atom. The van der Waals surface area contributed by atoms with E-state index in [0.29, 0.717) is 77.3 Å². The fourth-order valence-corrected chi connectivity index (χ4v) is 3.93. The van der Waals surface area contributed by atoms with Crippen LogP contribution in [0.4, 0.5) is 5.82 Å². The van der Waals surface area contributed by atoms with Crippen LogP contribution >= 0.6 is 46.4 Å². The number of nitrogens with zero attached hydrogens (tertiary/aromatic N) is 3. The van der Waals surface area contributed by atoms with Crippen molar-refractivity contribution in [1.29, 1.82) is 0 Å². The van der Waals surface area contributed by atoms with Crippen molar-refractivity contribution in [3.8, 4) is 5.75 Å². The summed E-state index contributed by atoms with van der Waals surface area (Å²) in [6.45, 7) is 3.03. The molecule has 1 aromatic carbocycles. The fourth-order valence-electron chi connectivity index (χ4n) is 2.96. The fraction of sp³-hybridized carbons (Fsp3) is 0.368. The number of rotatable bonds is 6. The summed E-state index contributed by atoms with van der Waals surface area (Å²) in [5, 5.41) is 2.04. The van der Waals surface area contributed by atoms with Gasteiger partial charge in [-0.2, -0.15) is 0 Å². The summed E-state index contributed by atoms with van der Waals surface area (Å²) in [4.78, 5) is 20.6. The molecule has 0 unspecified atom stereocenters. The molecule has 0 aliphatic carbocycles. The number of halogens is 4. The van der Waals surface area contributed by atoms with Crippen LogP contribution in [0.5, 0.6) is 5.75 Å². The van der Waals surface area contributed by atoms with Crippen molar-refractivity contribution in [2.24, 2.45) is 0 Å². The Labute approximate surface area is 184 Å². The lowest BCUT2D eigenvalue weighted by atomic mass is 10.2. The van der Waals surface area contributed by atoms with E-state index in [1.165, 1.54) is 0 Å². The Kier molecular flexibility index (Phi) is 7.52. The Balaban J connectivity index is 1.41. The topological polar surface area (TPSA) is 45.7 Å². The van der Waals surface area contributed by atoms with E-state index in [4.69, 9.17) is 51.1 Å². The van der Waals surface area contributed by atoms with E-state index in [1.54, 1.807) is 30.5 Å². The molecule has 1 fully saturated rings. The average Bonchev–Trinajstić information content (AvgIpc) is 2.66. The molecular weight excluding hydrogens is 444 g/mol. The summed E-state index contributed by atoms with van der Waals surface area (Å²) in [6, 6.07) is 6.75. The van der Waals surface area contributed by atoms with Crippen LogP contribution in [0.3, 0.4) is 0 Å². The van der Waals surface area contributed by atoms with Gasteiger partial charge in [-0.05, 0) is 30.7 Å². The number of benzene rings is 1. The van der Waals surface area contributed by atoms with Crippen molar-refractivity contribution >= 4 is 58.1 Å². The number of piperazine rings is 1. The minimum atomic E-state index is 0.112. The Morgan fingerprint density at radius 3 is 2.39 bits per heavy atom. The van der Waals surface area contributed by atoms with Crippen LogP contribution in [0.1, 0.15) is 12.8 Å². The van der Waals surface area contributed by atoms with Crippen molar-refractivity contribution in [1.82, 2.24) is 9.88 Å². The Hall–Kier alpha value is -1.40. The van der Waals surface area contributed by atoms with Crippen LogP contribution in [0, 0.1) is 0 Å². The molecule has 3 rings (SSSR count). The van der Waals surface area contributed by atoms with E-state index < -0.39 is 0 Å². The number of carbonyl (C=O) groups excluding carboxylic acids is 1. The molecule has 9 heteroatoms. The second-order valence-electron chi connectivity index (χ2n) is 6.35. The average molecular weight is 463 g/mol. The van der Waals surface area contributed by atoms with Gasteiger partial charge >= 0.3 is 0 Å². The molecule has 2 heterocycles. The third-order valence-corrected chi connectivity index (χ3v) is 5.42. The highest BCUT2D eigenvalue weighted by atomic mass is 35.5. The van der Waals surface area contributed by atoms with E-state index in [1.807, 2.05) is 4.90 Å². The monoisotopic (exact) mass is 461 g/mol. The highest BCUT2D eigenvalue weighted by molar-refractivity contribution is 6.36. The van der Waals surface area contributed by atoms with Crippen LogP contribution in [0.2, 0.25) is 20.1 Å². The summed E-state index contributed by atoms with van der Waals surface area (Å²) in [6.07, 6.45) is 2.61. The second kappa shape index (κ2) is 9.88. The largest absolute Gasteiger partial charge is 0.492 e. The first-order chi connectivity index (χ1) is 13.4. The summed E-state index contributed by atoms with van der Waals surface area (Å²) in [5.74, 6) is 1.38. The lowest BCUT2D eigenvalue weighted by Gasteiger charge is -2.35. The number of anilines is 1. The van der Waals surface area contributed by atoms with Crippen LogP contribution < -0.4 is 9.64 Å². The first kappa shape index (κ1) is 21.3. The maximum atomic E-state index is 12.4. The van der Waals surface area contributed by atoms with E-state index in [0.717, 1.165) is 0 Å². The first-order valence-electron chi connectivity index (χ1n) is 8.85. The number of aromatic nitrogens is 1. The minimum absolute atomic E-state index is 0.112. The second-order valence-corrected chi connectivity index (χ2v) is 8.04. The van der Waals surface area contributed by atoms with Gasteiger partial charge in [0.2, 0.25) is 5.91 Å². The quantitative estimate of drug-likeness (QED) is 0.553. The van der Waals surface area contributed by atoms with Crippen LogP contribution in [0.25, 0.3) is 0 Å². The van der Waals surface area contributed by atoms with E-state index in [2.05, 4.69) is 9.88 Å². The van der Waals surface area contributed by atoms with Gasteiger partial charge in [-0.15, -0.1) is 0 Å². The van der Waals surface area contributed by atoms with Gasteiger partial charge in [0.15, 0.2) is 0 Å². The summed E-state index contributed by atoms with van der Waals surface area (Å²) in [7, 11) is 0. The molecule has 1 aliphatic heterocycles. The van der Waals surface area contributed by atoms with Gasteiger partial charge < -0.3 is 14.5 Å². The first-order valence-corrected chi connectivity index (χ1v) is 10.4. The van der Waals surface area contributed by atoms with Crippen molar-refractivity contribution in [2.45, 2.75) is 12.8 Å². The summed E-state index contributed by atoms with van der Waals surface area (Å²) in [5.41, 5.74) is 0. The molecule has 2 aromatic rings. The molecule has 1 saturated heterocycles. The van der Waals surface area contributed by atoms with Gasteiger partial charge in [0, 0.05) is 43.8 Å². The lowest BCUT2D eigenvalue weighted by Crippen LogP contribution is -2.49. The van der Waals surface area contributed by atoms with Gasteiger partial charge in [-0.3, -0.25) is 4.79 Å². The summed E-state index contributed by atoms with van der Waals surface area (Å²) < 4.78 is 5.62. The highest BCUT2D eigenvalue weighted by Gasteiger charge is 2.23. The van der Waals surface area contributed by atoms with Gasteiger partial charge in [0.05, 0.1) is 21.7 Å². The normalized spacial score (nSPS) is 14.3. The van der Waals surface area contributed by atoms with Gasteiger partial charge in [-0.25, -0.2) is 4.98 Å². The third kappa shape index (κ3) is 5.57. The maximum Gasteiger partial charge on any atom is 0.222 e. The number of hydrogen-bond acceptors (Lipinski definition) is 4. The van der Waals surface area contributed by atoms with Gasteiger partial charge in [0.1, 0.15) is 11.6 Å². The molecule has 1 aliphatic rings. The number of pyridine rings is 1. The molecule has 0 radical (unpaired) electrons. The SMILES string of the molecule is O=C(CCCOc1ccc(Cl)cc1Cl)N1CCN(c2ncc(Cl)cc2Cl)CC1. The van der Waals surface area contributed by atoms with Crippen molar-refractivity contribution < 1.29 is 9.53 Å². The summed E-state index contributed by atoms with van der Waals surface area (Å²) >= 11 is 24.0. The molecule has 0 N–H and O–H groups in total. The molecular formula is C19H19Cl4N3O2. The highest BCUT2D eigenvalue weighted by Crippen LogP contribution is 2.28. The number of hydrogen-bond donors (Lipinski definition) is 0. The van der Waals surface area contributed by atoms with E-state index >= 15 is 0 Å². The predicted molar refractivity (Wildman–Crippen MR) is 114 cm³/mol. The number of amides is 1. The molecule has 1 amide bonds. The van der Waals surface area contributed by atoms with Crippen LogP contribution in [0.15, 0.2) is 30.5 Å². The number of carbonyl (C=O) groups is 1. The zero-order chi connectivity index (χ0) is 20.1. The molecule has 150 valence electrons. The molecule has 0 saturated carbocycles. The minimum Gasteiger partial charge on any atom is -0.492 e. The maximum absolute atomic E-state index is 12.4. The van der Waals surface area contributed by atoms with Gasteiger partial charge in [0.25, 0.3) is 0 Å². The van der Waals surface area contributed by atoms with Gasteiger partial charge in [-0.1, -0.05) is 46.4 Å². The Morgan fingerprint density at radius 1 is 1.00 bits per heavy atom. The van der Waals surface area contributed by atoms with Crippen LogP contribution in [-0.4, -0.2) is 48.6 Å². The Bertz CT molecular complexity index is 842. The number of ether oxygens (including phenoxy) is 1. The van der Waals surface area contributed by atoms with Crippen molar-refractivity contribution in [2.75, 3.05) is 37.7 Å². The molecule has 0 bridgehead atoms. The van der Waals surface area contributed by atoms with Crippen molar-refractivity contribution in [3.63, 3.8) is 0 Å². The lowest BCUT2D eigenvalue weighted by molar-refractivity contribution is -0.131. The van der Waals surface area contributed by atoms with E-state index in [-0.39, 0.29) is 5.91 Å². The molecule has 28 heavy (non-hydrogen) atoms. The van der Waals surface area contributed by atoms with E-state index in [9.17, 15) is 4.79 Å². The molecule has 5 nitrogen and oxygen atoms in total. The van der Waals surface area contributed by atoms with Crippen molar-refractivity contribution in [3.05, 3.63) is 50.6 Å².